The number of hydrogen-bond donors (Lipinski definition) is 0. The van der Waals surface area contributed by atoms with Crippen molar-refractivity contribution in [1.29, 1.82) is 0 Å². The lowest BCUT2D eigenvalue weighted by atomic mass is 9.99. The fourth-order valence-electron chi connectivity index (χ4n) is 7.52. The molecule has 0 bridgehead atoms. The number of carbonyl (C=O) groups excluding carboxylic acids is 3. The zero-order chi connectivity index (χ0) is 42.0. The van der Waals surface area contributed by atoms with Gasteiger partial charge >= 0.3 is 17.9 Å². The van der Waals surface area contributed by atoms with Crippen LogP contribution in [0.3, 0.4) is 0 Å². The summed E-state index contributed by atoms with van der Waals surface area (Å²) in [4.78, 5) is 37.9. The Kier molecular flexibility index (Phi) is 41.3. The first-order valence-corrected chi connectivity index (χ1v) is 25.2. The molecule has 338 valence electrons. The molecule has 57 heavy (non-hydrogen) atoms. The van der Waals surface area contributed by atoms with Crippen molar-refractivity contribution < 1.29 is 28.6 Å². The van der Waals surface area contributed by atoms with Crippen LogP contribution in [0, 0.1) is 17.8 Å². The van der Waals surface area contributed by atoms with E-state index in [-0.39, 0.29) is 31.1 Å². The molecule has 0 aliphatic carbocycles. The van der Waals surface area contributed by atoms with Crippen LogP contribution in [0.25, 0.3) is 0 Å². The third-order valence-corrected chi connectivity index (χ3v) is 12.1. The van der Waals surface area contributed by atoms with Crippen LogP contribution < -0.4 is 0 Å². The summed E-state index contributed by atoms with van der Waals surface area (Å²) in [6.07, 6.45) is 40.9. The summed E-state index contributed by atoms with van der Waals surface area (Å²) < 4.78 is 16.8. The van der Waals surface area contributed by atoms with Crippen LogP contribution in [0.5, 0.6) is 0 Å². The van der Waals surface area contributed by atoms with Gasteiger partial charge in [0, 0.05) is 19.3 Å². The summed E-state index contributed by atoms with van der Waals surface area (Å²) in [5.74, 6) is 1.64. The lowest BCUT2D eigenvalue weighted by Gasteiger charge is -2.18. The van der Waals surface area contributed by atoms with Crippen LogP contribution in [0.2, 0.25) is 0 Å². The number of unbranched alkanes of at least 4 members (excludes halogenated alkanes) is 25. The highest BCUT2D eigenvalue weighted by atomic mass is 16.6. The Balaban J connectivity index is 4.29. The van der Waals surface area contributed by atoms with E-state index < -0.39 is 6.10 Å². The van der Waals surface area contributed by atoms with Crippen molar-refractivity contribution in [2.45, 2.75) is 279 Å². The zero-order valence-electron chi connectivity index (χ0n) is 39.1. The van der Waals surface area contributed by atoms with Crippen molar-refractivity contribution in [2.24, 2.45) is 17.8 Å². The molecule has 3 atom stereocenters. The van der Waals surface area contributed by atoms with Crippen LogP contribution >= 0.6 is 0 Å². The molecule has 0 spiro atoms. The highest BCUT2D eigenvalue weighted by molar-refractivity contribution is 5.71. The molecule has 0 aromatic carbocycles. The lowest BCUT2D eigenvalue weighted by molar-refractivity contribution is -0.167. The third kappa shape index (κ3) is 42.3. The number of carbonyl (C=O) groups is 3. The Bertz CT molecular complexity index is 887. The van der Waals surface area contributed by atoms with E-state index in [1.165, 1.54) is 154 Å². The van der Waals surface area contributed by atoms with Crippen molar-refractivity contribution in [3.8, 4) is 0 Å². The Morgan fingerprint density at radius 2 is 0.614 bits per heavy atom. The van der Waals surface area contributed by atoms with Gasteiger partial charge in [0.1, 0.15) is 13.2 Å². The zero-order valence-corrected chi connectivity index (χ0v) is 39.1. The normalized spacial score (nSPS) is 13.1. The van der Waals surface area contributed by atoms with Crippen LogP contribution in [-0.2, 0) is 28.6 Å². The molecule has 2 unspecified atom stereocenters. The maximum Gasteiger partial charge on any atom is 0.306 e. The summed E-state index contributed by atoms with van der Waals surface area (Å²) in [5.41, 5.74) is 0. The van der Waals surface area contributed by atoms with Crippen LogP contribution in [0.4, 0.5) is 0 Å². The van der Waals surface area contributed by atoms with Gasteiger partial charge in [-0.2, -0.15) is 0 Å². The quantitative estimate of drug-likeness (QED) is 0.0347. The molecule has 6 nitrogen and oxygen atoms in total. The lowest BCUT2D eigenvalue weighted by Crippen LogP contribution is -2.30. The third-order valence-electron chi connectivity index (χ3n) is 12.1. The van der Waals surface area contributed by atoms with E-state index in [9.17, 15) is 14.4 Å². The van der Waals surface area contributed by atoms with Gasteiger partial charge < -0.3 is 14.2 Å². The van der Waals surface area contributed by atoms with Gasteiger partial charge in [-0.3, -0.25) is 14.4 Å². The topological polar surface area (TPSA) is 78.9 Å². The maximum atomic E-state index is 12.7. The highest BCUT2D eigenvalue weighted by Crippen LogP contribution is 2.18. The van der Waals surface area contributed by atoms with Gasteiger partial charge in [0.05, 0.1) is 0 Å². The van der Waals surface area contributed by atoms with Gasteiger partial charge in [0.2, 0.25) is 0 Å². The van der Waals surface area contributed by atoms with Gasteiger partial charge in [0.25, 0.3) is 0 Å². The molecule has 0 heterocycles. The van der Waals surface area contributed by atoms with Gasteiger partial charge in [-0.25, -0.2) is 0 Å². The van der Waals surface area contributed by atoms with Crippen molar-refractivity contribution in [2.75, 3.05) is 13.2 Å². The predicted octanol–water partition coefficient (Wildman–Crippen LogP) is 16.0. The maximum absolute atomic E-state index is 12.7. The molecule has 0 aliphatic rings. The molecule has 0 aromatic heterocycles. The first kappa shape index (κ1) is 55.4. The first-order valence-electron chi connectivity index (χ1n) is 25.2. The monoisotopic (exact) mass is 807 g/mol. The smallest absolute Gasteiger partial charge is 0.306 e. The predicted molar refractivity (Wildman–Crippen MR) is 243 cm³/mol. The van der Waals surface area contributed by atoms with Crippen molar-refractivity contribution >= 4 is 17.9 Å². The number of esters is 3. The minimum absolute atomic E-state index is 0.0658. The second-order valence-electron chi connectivity index (χ2n) is 18.4. The van der Waals surface area contributed by atoms with E-state index in [4.69, 9.17) is 14.2 Å². The van der Waals surface area contributed by atoms with Crippen LogP contribution in [0.15, 0.2) is 0 Å². The summed E-state index contributed by atoms with van der Waals surface area (Å²) in [7, 11) is 0. The molecular weight excluding hydrogens is 709 g/mol. The van der Waals surface area contributed by atoms with E-state index in [1.807, 2.05) is 0 Å². The molecule has 0 fully saturated rings. The Morgan fingerprint density at radius 1 is 0.351 bits per heavy atom. The van der Waals surface area contributed by atoms with Gasteiger partial charge in [-0.15, -0.1) is 0 Å². The second kappa shape index (κ2) is 42.5. The fraction of sp³-hybridized carbons (Fsp3) is 0.941. The first-order chi connectivity index (χ1) is 27.7. The van der Waals surface area contributed by atoms with E-state index in [2.05, 4.69) is 41.5 Å². The number of hydrogen-bond acceptors (Lipinski definition) is 6. The molecular formula is C51H98O6. The standard InChI is InChI=1S/C51H98O6/c1-7-46(5)38-32-26-20-17-18-22-30-36-42-51(54)57-48(44-56-50(53)41-35-29-24-23-27-33-39-47(6)8-2)43-55-49(52)40-34-28-21-16-14-12-10-9-11-13-15-19-25-31-37-45(3)4/h45-48H,7-44H2,1-6H3/t46?,47?,48-/m0/s1. The summed E-state index contributed by atoms with van der Waals surface area (Å²) in [6.45, 7) is 13.7. The summed E-state index contributed by atoms with van der Waals surface area (Å²) in [6, 6.07) is 0. The molecule has 0 rings (SSSR count). The van der Waals surface area contributed by atoms with Crippen LogP contribution in [-0.4, -0.2) is 37.2 Å². The Labute approximate surface area is 355 Å². The fourth-order valence-corrected chi connectivity index (χ4v) is 7.52. The second-order valence-corrected chi connectivity index (χ2v) is 18.4. The average Bonchev–Trinajstić information content (AvgIpc) is 3.19. The minimum Gasteiger partial charge on any atom is -0.462 e. The molecule has 0 saturated carbocycles. The molecule has 0 radical (unpaired) electrons. The molecule has 0 aromatic rings. The summed E-state index contributed by atoms with van der Waals surface area (Å²) >= 11 is 0. The number of ether oxygens (including phenoxy) is 3. The van der Waals surface area contributed by atoms with Crippen molar-refractivity contribution in [3.05, 3.63) is 0 Å². The number of rotatable bonds is 44. The Morgan fingerprint density at radius 3 is 0.912 bits per heavy atom. The SMILES string of the molecule is CCC(C)CCCCCCCCCCC(=O)O[C@@H](COC(=O)CCCCCCCCCCCCCCCCC(C)C)COC(=O)CCCCCCCCC(C)CC. The van der Waals surface area contributed by atoms with Gasteiger partial charge in [0.15, 0.2) is 6.10 Å². The minimum atomic E-state index is -0.763. The van der Waals surface area contributed by atoms with E-state index in [1.54, 1.807) is 0 Å². The van der Waals surface area contributed by atoms with Gasteiger partial charge in [-0.05, 0) is 37.0 Å². The summed E-state index contributed by atoms with van der Waals surface area (Å²) in [5, 5.41) is 0. The Hall–Kier alpha value is -1.59. The average molecular weight is 807 g/mol. The molecule has 0 aliphatic heterocycles. The molecule has 6 heteroatoms. The van der Waals surface area contributed by atoms with Gasteiger partial charge in [-0.1, -0.05) is 234 Å². The van der Waals surface area contributed by atoms with Crippen molar-refractivity contribution in [3.63, 3.8) is 0 Å². The van der Waals surface area contributed by atoms with Crippen LogP contribution in [0.1, 0.15) is 273 Å². The van der Waals surface area contributed by atoms with Crippen molar-refractivity contribution in [1.82, 2.24) is 0 Å². The molecule has 0 amide bonds. The van der Waals surface area contributed by atoms with E-state index in [0.717, 1.165) is 75.5 Å². The highest BCUT2D eigenvalue weighted by Gasteiger charge is 2.19. The molecule has 0 saturated heterocycles. The largest absolute Gasteiger partial charge is 0.462 e. The van der Waals surface area contributed by atoms with E-state index >= 15 is 0 Å². The van der Waals surface area contributed by atoms with E-state index in [0.29, 0.717) is 19.3 Å². The molecule has 0 N–H and O–H groups in total.